The standard InChI is InChI=1S/C12H24N2O3/c1-2-10(8-12(16)17)9-14-11(15)6-4-3-5-7-13/h10H,2-9,13H2,1H3,(H,14,15)(H,16,17). The highest BCUT2D eigenvalue weighted by Crippen LogP contribution is 2.07. The van der Waals surface area contributed by atoms with Gasteiger partial charge in [-0.3, -0.25) is 9.59 Å². The topological polar surface area (TPSA) is 92.4 Å². The van der Waals surface area contributed by atoms with Gasteiger partial charge in [0.2, 0.25) is 5.91 Å². The van der Waals surface area contributed by atoms with Crippen LogP contribution in [0.2, 0.25) is 0 Å². The maximum Gasteiger partial charge on any atom is 0.303 e. The Bertz CT molecular complexity index is 232. The predicted octanol–water partition coefficient (Wildman–Crippen LogP) is 1.12. The van der Waals surface area contributed by atoms with Crippen LogP contribution in [0.25, 0.3) is 0 Å². The molecule has 0 heterocycles. The highest BCUT2D eigenvalue weighted by atomic mass is 16.4. The normalized spacial score (nSPS) is 12.1. The average Bonchev–Trinajstić information content (AvgIpc) is 2.29. The smallest absolute Gasteiger partial charge is 0.303 e. The second kappa shape index (κ2) is 10.1. The molecule has 0 bridgehead atoms. The molecular formula is C12H24N2O3. The van der Waals surface area contributed by atoms with Crippen LogP contribution in [0, 0.1) is 5.92 Å². The maximum absolute atomic E-state index is 11.4. The summed E-state index contributed by atoms with van der Waals surface area (Å²) < 4.78 is 0. The van der Waals surface area contributed by atoms with E-state index in [1.165, 1.54) is 0 Å². The zero-order valence-electron chi connectivity index (χ0n) is 10.6. The second-order valence-electron chi connectivity index (χ2n) is 4.28. The first-order chi connectivity index (χ1) is 8.10. The molecule has 1 atom stereocenters. The first kappa shape index (κ1) is 15.9. The highest BCUT2D eigenvalue weighted by molar-refractivity contribution is 5.75. The van der Waals surface area contributed by atoms with Gasteiger partial charge in [-0.2, -0.15) is 0 Å². The largest absolute Gasteiger partial charge is 0.481 e. The van der Waals surface area contributed by atoms with Crippen LogP contribution >= 0.6 is 0 Å². The Labute approximate surface area is 103 Å². The van der Waals surface area contributed by atoms with Crippen LogP contribution < -0.4 is 11.1 Å². The molecule has 0 aliphatic carbocycles. The van der Waals surface area contributed by atoms with Crippen molar-refractivity contribution in [1.29, 1.82) is 0 Å². The molecule has 0 aliphatic rings. The van der Waals surface area contributed by atoms with Crippen LogP contribution in [0.1, 0.15) is 45.4 Å². The molecule has 0 saturated carbocycles. The van der Waals surface area contributed by atoms with Gasteiger partial charge in [-0.25, -0.2) is 0 Å². The van der Waals surface area contributed by atoms with Crippen LogP contribution in [0.3, 0.4) is 0 Å². The monoisotopic (exact) mass is 244 g/mol. The molecule has 1 unspecified atom stereocenters. The van der Waals surface area contributed by atoms with Crippen molar-refractivity contribution < 1.29 is 14.7 Å². The van der Waals surface area contributed by atoms with Crippen LogP contribution in [0.4, 0.5) is 0 Å². The van der Waals surface area contributed by atoms with Crippen molar-refractivity contribution in [3.63, 3.8) is 0 Å². The van der Waals surface area contributed by atoms with Gasteiger partial charge in [0, 0.05) is 19.4 Å². The van der Waals surface area contributed by atoms with Crippen molar-refractivity contribution in [2.45, 2.75) is 45.4 Å². The number of carbonyl (C=O) groups is 2. The Morgan fingerprint density at radius 3 is 2.53 bits per heavy atom. The molecular weight excluding hydrogens is 220 g/mol. The number of amides is 1. The van der Waals surface area contributed by atoms with Gasteiger partial charge >= 0.3 is 5.97 Å². The fourth-order valence-corrected chi connectivity index (χ4v) is 1.56. The summed E-state index contributed by atoms with van der Waals surface area (Å²) in [5, 5.41) is 11.4. The van der Waals surface area contributed by atoms with Gasteiger partial charge in [-0.1, -0.05) is 19.8 Å². The third kappa shape index (κ3) is 9.81. The number of carboxylic acid groups (broad SMARTS) is 1. The van der Waals surface area contributed by atoms with E-state index in [1.807, 2.05) is 6.92 Å². The van der Waals surface area contributed by atoms with E-state index in [4.69, 9.17) is 10.8 Å². The third-order valence-corrected chi connectivity index (χ3v) is 2.74. The molecule has 0 rings (SSSR count). The van der Waals surface area contributed by atoms with Gasteiger partial charge in [-0.15, -0.1) is 0 Å². The molecule has 100 valence electrons. The lowest BCUT2D eigenvalue weighted by atomic mass is 10.0. The minimum Gasteiger partial charge on any atom is -0.481 e. The highest BCUT2D eigenvalue weighted by Gasteiger charge is 2.12. The van der Waals surface area contributed by atoms with E-state index in [9.17, 15) is 9.59 Å². The third-order valence-electron chi connectivity index (χ3n) is 2.74. The van der Waals surface area contributed by atoms with E-state index >= 15 is 0 Å². The minimum atomic E-state index is -0.811. The second-order valence-corrected chi connectivity index (χ2v) is 4.28. The summed E-state index contributed by atoms with van der Waals surface area (Å²) in [7, 11) is 0. The van der Waals surface area contributed by atoms with Gasteiger partial charge in [-0.05, 0) is 25.3 Å². The molecule has 0 aromatic heterocycles. The number of rotatable bonds is 10. The number of hydrogen-bond donors (Lipinski definition) is 3. The molecule has 0 fully saturated rings. The molecule has 0 aromatic rings. The average molecular weight is 244 g/mol. The summed E-state index contributed by atoms with van der Waals surface area (Å²) >= 11 is 0. The first-order valence-corrected chi connectivity index (χ1v) is 6.28. The van der Waals surface area contributed by atoms with E-state index < -0.39 is 5.97 Å². The van der Waals surface area contributed by atoms with E-state index in [-0.39, 0.29) is 18.2 Å². The Morgan fingerprint density at radius 1 is 1.29 bits per heavy atom. The van der Waals surface area contributed by atoms with E-state index in [1.54, 1.807) is 0 Å². The van der Waals surface area contributed by atoms with Crippen LogP contribution in [-0.4, -0.2) is 30.1 Å². The number of hydrogen-bond acceptors (Lipinski definition) is 3. The number of aliphatic carboxylic acids is 1. The molecule has 17 heavy (non-hydrogen) atoms. The van der Waals surface area contributed by atoms with Crippen molar-refractivity contribution in [1.82, 2.24) is 5.32 Å². The van der Waals surface area contributed by atoms with Crippen molar-refractivity contribution in [2.75, 3.05) is 13.1 Å². The molecule has 5 heteroatoms. The molecule has 5 nitrogen and oxygen atoms in total. The number of nitrogens with one attached hydrogen (secondary N) is 1. The van der Waals surface area contributed by atoms with Crippen LogP contribution in [-0.2, 0) is 9.59 Å². The van der Waals surface area contributed by atoms with E-state index in [0.717, 1.165) is 25.7 Å². The molecule has 0 radical (unpaired) electrons. The lowest BCUT2D eigenvalue weighted by Gasteiger charge is -2.13. The number of carboxylic acids is 1. The predicted molar refractivity (Wildman–Crippen MR) is 66.6 cm³/mol. The van der Waals surface area contributed by atoms with Crippen LogP contribution in [0.5, 0.6) is 0 Å². The zero-order valence-corrected chi connectivity index (χ0v) is 10.6. The molecule has 0 aliphatic heterocycles. The summed E-state index contributed by atoms with van der Waals surface area (Å²) in [4.78, 5) is 22.0. The summed E-state index contributed by atoms with van der Waals surface area (Å²) in [6, 6.07) is 0. The van der Waals surface area contributed by atoms with Gasteiger partial charge in [0.05, 0.1) is 0 Å². The Morgan fingerprint density at radius 2 is 2.00 bits per heavy atom. The maximum atomic E-state index is 11.4. The minimum absolute atomic E-state index is 0.00543. The lowest BCUT2D eigenvalue weighted by molar-refractivity contribution is -0.138. The van der Waals surface area contributed by atoms with Gasteiger partial charge in [0.1, 0.15) is 0 Å². The number of carbonyl (C=O) groups excluding carboxylic acids is 1. The summed E-state index contributed by atoms with van der Waals surface area (Å²) in [5.41, 5.74) is 5.35. The van der Waals surface area contributed by atoms with E-state index in [0.29, 0.717) is 19.5 Å². The Hall–Kier alpha value is -1.10. The summed E-state index contributed by atoms with van der Waals surface area (Å²) in [5.74, 6) is -0.777. The molecule has 0 aromatic carbocycles. The van der Waals surface area contributed by atoms with Crippen molar-refractivity contribution in [3.05, 3.63) is 0 Å². The van der Waals surface area contributed by atoms with Gasteiger partial charge in [0.25, 0.3) is 0 Å². The fourth-order valence-electron chi connectivity index (χ4n) is 1.56. The summed E-state index contributed by atoms with van der Waals surface area (Å²) in [6.45, 7) is 3.05. The summed E-state index contributed by atoms with van der Waals surface area (Å²) in [6.07, 6.45) is 4.14. The van der Waals surface area contributed by atoms with Crippen LogP contribution in [0.15, 0.2) is 0 Å². The number of nitrogens with two attached hydrogens (primary N) is 1. The van der Waals surface area contributed by atoms with Crippen molar-refractivity contribution in [2.24, 2.45) is 11.7 Å². The molecule has 0 spiro atoms. The fraction of sp³-hybridized carbons (Fsp3) is 0.833. The molecule has 1 amide bonds. The zero-order chi connectivity index (χ0) is 13.1. The Balaban J connectivity index is 3.62. The van der Waals surface area contributed by atoms with Crippen molar-refractivity contribution in [3.8, 4) is 0 Å². The quantitative estimate of drug-likeness (QED) is 0.502. The SMILES string of the molecule is CCC(CNC(=O)CCCCCN)CC(=O)O. The molecule has 4 N–H and O–H groups in total. The van der Waals surface area contributed by atoms with E-state index in [2.05, 4.69) is 5.32 Å². The first-order valence-electron chi connectivity index (χ1n) is 6.28. The van der Waals surface area contributed by atoms with Gasteiger partial charge < -0.3 is 16.2 Å². The Kier molecular flexibility index (Phi) is 9.43. The van der Waals surface area contributed by atoms with Gasteiger partial charge in [0.15, 0.2) is 0 Å². The lowest BCUT2D eigenvalue weighted by Crippen LogP contribution is -2.29. The molecule has 0 saturated heterocycles. The number of unbranched alkanes of at least 4 members (excludes halogenated alkanes) is 2. The van der Waals surface area contributed by atoms with Crippen molar-refractivity contribution >= 4 is 11.9 Å².